The van der Waals surface area contributed by atoms with Crippen LogP contribution < -0.4 is 16.4 Å². The van der Waals surface area contributed by atoms with Crippen molar-refractivity contribution in [3.05, 3.63) is 34.1 Å². The molecule has 0 saturated heterocycles. The summed E-state index contributed by atoms with van der Waals surface area (Å²) in [6.45, 7) is 1.73. The van der Waals surface area contributed by atoms with Crippen molar-refractivity contribution in [3.8, 4) is 0 Å². The molecule has 25 heavy (non-hydrogen) atoms. The van der Waals surface area contributed by atoms with E-state index in [4.69, 9.17) is 10.3 Å². The molecule has 1 atom stereocenters. The number of urea groups is 1. The lowest BCUT2D eigenvalue weighted by molar-refractivity contribution is -0.123. The smallest absolute Gasteiger partial charge is 0.312 e. The summed E-state index contributed by atoms with van der Waals surface area (Å²) in [6.07, 6.45) is 3.61. The van der Waals surface area contributed by atoms with Crippen LogP contribution in [0.25, 0.3) is 0 Å². The number of hydrogen-bond donors (Lipinski definition) is 3. The lowest BCUT2D eigenvalue weighted by Gasteiger charge is -2.27. The van der Waals surface area contributed by atoms with E-state index in [1.807, 2.05) is 17.5 Å². The van der Waals surface area contributed by atoms with E-state index >= 15 is 0 Å². The topological polar surface area (TPSA) is 123 Å². The standard InChI is InChI=1S/C16H21N5O3S/c1-10-18-14(21-24-10)16(6-2-3-7-16)20-13(22)9-11(19-15(17)23)12-5-4-8-25-12/h4-5,8,11H,2-3,6-7,9H2,1H3,(H,20,22)(H3,17,19,23). The maximum absolute atomic E-state index is 12.7. The molecule has 0 aliphatic heterocycles. The van der Waals surface area contributed by atoms with Gasteiger partial charge in [-0.05, 0) is 24.3 Å². The monoisotopic (exact) mass is 363 g/mol. The van der Waals surface area contributed by atoms with Crippen molar-refractivity contribution in [1.29, 1.82) is 0 Å². The average molecular weight is 363 g/mol. The van der Waals surface area contributed by atoms with Crippen molar-refractivity contribution < 1.29 is 14.1 Å². The van der Waals surface area contributed by atoms with Crippen LogP contribution >= 0.6 is 11.3 Å². The molecule has 0 aromatic carbocycles. The number of hydrogen-bond acceptors (Lipinski definition) is 6. The van der Waals surface area contributed by atoms with Gasteiger partial charge in [-0.1, -0.05) is 24.1 Å². The lowest BCUT2D eigenvalue weighted by atomic mass is 9.96. The first-order chi connectivity index (χ1) is 12.0. The van der Waals surface area contributed by atoms with Gasteiger partial charge in [0.05, 0.1) is 12.5 Å². The van der Waals surface area contributed by atoms with Gasteiger partial charge in [0.2, 0.25) is 11.8 Å². The molecule has 1 fully saturated rings. The Bertz CT molecular complexity index is 737. The fourth-order valence-electron chi connectivity index (χ4n) is 3.26. The Kier molecular flexibility index (Phi) is 5.03. The first kappa shape index (κ1) is 17.4. The molecule has 1 aliphatic carbocycles. The van der Waals surface area contributed by atoms with Crippen molar-refractivity contribution in [2.24, 2.45) is 5.73 Å². The molecular weight excluding hydrogens is 342 g/mol. The molecular formula is C16H21N5O3S. The SMILES string of the molecule is Cc1nc(C2(NC(=O)CC(NC(N)=O)c3cccs3)CCCC2)no1. The predicted molar refractivity (Wildman–Crippen MR) is 91.7 cm³/mol. The van der Waals surface area contributed by atoms with Gasteiger partial charge in [0.1, 0.15) is 5.54 Å². The van der Waals surface area contributed by atoms with Crippen LogP contribution in [0.1, 0.15) is 54.7 Å². The minimum atomic E-state index is -0.657. The molecule has 2 heterocycles. The van der Waals surface area contributed by atoms with Crippen LogP contribution in [0, 0.1) is 6.92 Å². The molecule has 2 aromatic heterocycles. The minimum absolute atomic E-state index is 0.0992. The van der Waals surface area contributed by atoms with Crippen molar-refractivity contribution in [2.45, 2.75) is 50.6 Å². The number of nitrogens with zero attached hydrogens (tertiary/aromatic N) is 2. The van der Waals surface area contributed by atoms with E-state index in [0.29, 0.717) is 11.7 Å². The van der Waals surface area contributed by atoms with E-state index in [0.717, 1.165) is 30.6 Å². The summed E-state index contributed by atoms with van der Waals surface area (Å²) >= 11 is 1.47. The fraction of sp³-hybridized carbons (Fsp3) is 0.500. The van der Waals surface area contributed by atoms with Crippen LogP contribution in [0.2, 0.25) is 0 Å². The van der Waals surface area contributed by atoms with Gasteiger partial charge < -0.3 is 20.9 Å². The van der Waals surface area contributed by atoms with E-state index < -0.39 is 17.6 Å². The highest BCUT2D eigenvalue weighted by Gasteiger charge is 2.41. The maximum Gasteiger partial charge on any atom is 0.312 e. The highest BCUT2D eigenvalue weighted by molar-refractivity contribution is 7.10. The second-order valence-corrected chi connectivity index (χ2v) is 7.23. The van der Waals surface area contributed by atoms with E-state index in [-0.39, 0.29) is 12.3 Å². The number of rotatable bonds is 6. The van der Waals surface area contributed by atoms with Crippen LogP contribution in [0.3, 0.4) is 0 Å². The summed E-state index contributed by atoms with van der Waals surface area (Å²) in [5, 5.41) is 11.6. The summed E-state index contributed by atoms with van der Waals surface area (Å²) in [7, 11) is 0. The molecule has 1 unspecified atom stereocenters. The minimum Gasteiger partial charge on any atom is -0.352 e. The average Bonchev–Trinajstić information content (AvgIpc) is 3.27. The second kappa shape index (κ2) is 7.22. The third kappa shape index (κ3) is 3.98. The Morgan fingerprint density at radius 3 is 2.76 bits per heavy atom. The molecule has 8 nitrogen and oxygen atoms in total. The number of aromatic nitrogens is 2. The van der Waals surface area contributed by atoms with Crippen LogP contribution in [0.4, 0.5) is 4.79 Å². The molecule has 3 rings (SSSR count). The molecule has 9 heteroatoms. The summed E-state index contributed by atoms with van der Waals surface area (Å²) in [4.78, 5) is 29.2. The van der Waals surface area contributed by atoms with Crippen LogP contribution in [0.15, 0.2) is 22.0 Å². The van der Waals surface area contributed by atoms with Crippen molar-refractivity contribution in [2.75, 3.05) is 0 Å². The van der Waals surface area contributed by atoms with E-state index in [9.17, 15) is 9.59 Å². The molecule has 1 saturated carbocycles. The number of primary amides is 1. The quantitative estimate of drug-likeness (QED) is 0.725. The predicted octanol–water partition coefficient (Wildman–Crippen LogP) is 2.12. The number of aryl methyl sites for hydroxylation is 1. The van der Waals surface area contributed by atoms with E-state index in [1.165, 1.54) is 11.3 Å². The number of thiophene rings is 1. The third-order valence-corrected chi connectivity index (χ3v) is 5.37. The summed E-state index contributed by atoms with van der Waals surface area (Å²) in [5.41, 5.74) is 4.65. The van der Waals surface area contributed by atoms with Crippen LogP contribution in [-0.2, 0) is 10.3 Å². The van der Waals surface area contributed by atoms with Crippen molar-refractivity contribution in [1.82, 2.24) is 20.8 Å². The molecule has 0 spiro atoms. The van der Waals surface area contributed by atoms with E-state index in [1.54, 1.807) is 6.92 Å². The van der Waals surface area contributed by atoms with Crippen LogP contribution in [-0.4, -0.2) is 22.1 Å². The first-order valence-electron chi connectivity index (χ1n) is 8.20. The largest absolute Gasteiger partial charge is 0.352 e. The molecule has 4 N–H and O–H groups in total. The van der Waals surface area contributed by atoms with Gasteiger partial charge in [0.15, 0.2) is 5.82 Å². The Morgan fingerprint density at radius 1 is 1.44 bits per heavy atom. The van der Waals surface area contributed by atoms with Gasteiger partial charge in [0.25, 0.3) is 0 Å². The van der Waals surface area contributed by atoms with Gasteiger partial charge in [-0.15, -0.1) is 11.3 Å². The van der Waals surface area contributed by atoms with Crippen molar-refractivity contribution in [3.63, 3.8) is 0 Å². The number of amides is 3. The van der Waals surface area contributed by atoms with Gasteiger partial charge in [0, 0.05) is 11.8 Å². The molecule has 0 radical (unpaired) electrons. The molecule has 2 aromatic rings. The summed E-state index contributed by atoms with van der Waals surface area (Å²) in [5.74, 6) is 0.810. The van der Waals surface area contributed by atoms with Crippen LogP contribution in [0.5, 0.6) is 0 Å². The zero-order valence-electron chi connectivity index (χ0n) is 13.9. The number of nitrogens with two attached hydrogens (primary N) is 1. The van der Waals surface area contributed by atoms with Gasteiger partial charge >= 0.3 is 6.03 Å². The lowest BCUT2D eigenvalue weighted by Crippen LogP contribution is -2.46. The first-order valence-corrected chi connectivity index (χ1v) is 9.08. The second-order valence-electron chi connectivity index (χ2n) is 6.26. The Labute approximate surface area is 149 Å². The molecule has 3 amide bonds. The maximum atomic E-state index is 12.7. The molecule has 134 valence electrons. The van der Waals surface area contributed by atoms with Gasteiger partial charge in [-0.25, -0.2) is 4.79 Å². The number of nitrogens with one attached hydrogen (secondary N) is 2. The highest BCUT2D eigenvalue weighted by atomic mass is 32.1. The Morgan fingerprint density at radius 2 is 2.20 bits per heavy atom. The van der Waals surface area contributed by atoms with Crippen molar-refractivity contribution >= 4 is 23.3 Å². The third-order valence-electron chi connectivity index (χ3n) is 4.38. The molecule has 1 aliphatic rings. The summed E-state index contributed by atoms with van der Waals surface area (Å²) in [6, 6.07) is 2.62. The van der Waals surface area contributed by atoms with Gasteiger partial charge in [-0.2, -0.15) is 4.98 Å². The normalized spacial score (nSPS) is 17.2. The Hall–Kier alpha value is -2.42. The van der Waals surface area contributed by atoms with E-state index in [2.05, 4.69) is 20.8 Å². The zero-order chi connectivity index (χ0) is 17.9. The number of carbonyl (C=O) groups is 2. The van der Waals surface area contributed by atoms with Gasteiger partial charge in [-0.3, -0.25) is 4.79 Å². The molecule has 0 bridgehead atoms. The fourth-order valence-corrected chi connectivity index (χ4v) is 4.04. The highest BCUT2D eigenvalue weighted by Crippen LogP contribution is 2.37. The zero-order valence-corrected chi connectivity index (χ0v) is 14.8. The Balaban J connectivity index is 1.74. The number of carbonyl (C=O) groups excluding carboxylic acids is 2. The summed E-state index contributed by atoms with van der Waals surface area (Å²) < 4.78 is 5.09.